The summed E-state index contributed by atoms with van der Waals surface area (Å²) in [6.07, 6.45) is -4.33. The largest absolute Gasteiger partial charge is 0.490 e. The van der Waals surface area contributed by atoms with Crippen molar-refractivity contribution in [1.29, 1.82) is 0 Å². The van der Waals surface area contributed by atoms with Crippen molar-refractivity contribution in [2.45, 2.75) is 19.6 Å². The van der Waals surface area contributed by atoms with Gasteiger partial charge in [-0.05, 0) is 36.8 Å². The molecule has 1 aliphatic heterocycles. The number of halogens is 3. The molecule has 0 atom stereocenters. The number of alkyl halides is 3. The zero-order chi connectivity index (χ0) is 22.3. The molecule has 2 aromatic carbocycles. The third kappa shape index (κ3) is 6.45. The van der Waals surface area contributed by atoms with Crippen LogP contribution in [0, 0.1) is 0 Å². The third-order valence-electron chi connectivity index (χ3n) is 5.15. The SMILES string of the molecule is CCOCCOc1ccccc1C(=O)N1CCN(Cc2ccc(C(F)(F)F)cc2)CC1. The van der Waals surface area contributed by atoms with Gasteiger partial charge in [-0.15, -0.1) is 0 Å². The number of nitrogens with zero attached hydrogens (tertiary/aromatic N) is 2. The van der Waals surface area contributed by atoms with Crippen molar-refractivity contribution >= 4 is 5.91 Å². The Morgan fingerprint density at radius 1 is 0.968 bits per heavy atom. The number of carbonyl (C=O) groups is 1. The highest BCUT2D eigenvalue weighted by atomic mass is 19.4. The molecule has 2 aromatic rings. The molecule has 1 aliphatic rings. The number of rotatable bonds is 8. The molecule has 0 bridgehead atoms. The van der Waals surface area contributed by atoms with Gasteiger partial charge in [0.2, 0.25) is 0 Å². The molecule has 31 heavy (non-hydrogen) atoms. The summed E-state index contributed by atoms with van der Waals surface area (Å²) in [7, 11) is 0. The second-order valence-corrected chi connectivity index (χ2v) is 7.30. The number of hydrogen-bond acceptors (Lipinski definition) is 4. The van der Waals surface area contributed by atoms with Gasteiger partial charge >= 0.3 is 6.18 Å². The van der Waals surface area contributed by atoms with Crippen LogP contribution in [0.25, 0.3) is 0 Å². The highest BCUT2D eigenvalue weighted by Crippen LogP contribution is 2.29. The summed E-state index contributed by atoms with van der Waals surface area (Å²) in [5, 5.41) is 0. The van der Waals surface area contributed by atoms with E-state index >= 15 is 0 Å². The van der Waals surface area contributed by atoms with Crippen LogP contribution in [0.1, 0.15) is 28.4 Å². The molecule has 0 aliphatic carbocycles. The van der Waals surface area contributed by atoms with E-state index in [-0.39, 0.29) is 5.91 Å². The van der Waals surface area contributed by atoms with E-state index in [9.17, 15) is 18.0 Å². The monoisotopic (exact) mass is 436 g/mol. The maximum Gasteiger partial charge on any atom is 0.416 e. The van der Waals surface area contributed by atoms with Crippen LogP contribution in [0.5, 0.6) is 5.75 Å². The van der Waals surface area contributed by atoms with Crippen LogP contribution in [-0.4, -0.2) is 61.7 Å². The van der Waals surface area contributed by atoms with Gasteiger partial charge in [0.05, 0.1) is 17.7 Å². The van der Waals surface area contributed by atoms with E-state index in [0.29, 0.717) is 63.9 Å². The summed E-state index contributed by atoms with van der Waals surface area (Å²) < 4.78 is 49.1. The van der Waals surface area contributed by atoms with Gasteiger partial charge in [-0.25, -0.2) is 0 Å². The highest BCUT2D eigenvalue weighted by molar-refractivity contribution is 5.97. The maximum atomic E-state index is 13.0. The minimum Gasteiger partial charge on any atom is -0.490 e. The minimum atomic E-state index is -4.33. The van der Waals surface area contributed by atoms with Gasteiger partial charge < -0.3 is 14.4 Å². The molecule has 168 valence electrons. The molecule has 0 unspecified atom stereocenters. The fraction of sp³-hybridized carbons (Fsp3) is 0.435. The zero-order valence-electron chi connectivity index (χ0n) is 17.5. The van der Waals surface area contributed by atoms with Gasteiger partial charge in [-0.3, -0.25) is 9.69 Å². The van der Waals surface area contributed by atoms with E-state index in [4.69, 9.17) is 9.47 Å². The summed E-state index contributed by atoms with van der Waals surface area (Å²) in [5.74, 6) is 0.459. The van der Waals surface area contributed by atoms with Crippen LogP contribution in [0.4, 0.5) is 13.2 Å². The Morgan fingerprint density at radius 3 is 2.29 bits per heavy atom. The maximum absolute atomic E-state index is 13.0. The van der Waals surface area contributed by atoms with Gasteiger partial charge in [-0.2, -0.15) is 13.2 Å². The number of carbonyl (C=O) groups excluding carboxylic acids is 1. The average Bonchev–Trinajstić information content (AvgIpc) is 2.77. The summed E-state index contributed by atoms with van der Waals surface area (Å²) in [4.78, 5) is 16.9. The molecule has 1 fully saturated rings. The van der Waals surface area contributed by atoms with E-state index in [0.717, 1.165) is 17.7 Å². The molecule has 0 radical (unpaired) electrons. The standard InChI is InChI=1S/C23H27F3N2O3/c1-2-30-15-16-31-21-6-4-3-5-20(21)22(29)28-13-11-27(12-14-28)17-18-7-9-19(10-8-18)23(24,25)26/h3-10H,2,11-17H2,1H3. The fourth-order valence-electron chi connectivity index (χ4n) is 3.46. The van der Waals surface area contributed by atoms with Crippen LogP contribution in [-0.2, 0) is 17.5 Å². The van der Waals surface area contributed by atoms with Crippen LogP contribution in [0.2, 0.25) is 0 Å². The normalized spacial score (nSPS) is 15.2. The Hall–Kier alpha value is -2.58. The Morgan fingerprint density at radius 2 is 1.65 bits per heavy atom. The zero-order valence-corrected chi connectivity index (χ0v) is 17.5. The predicted molar refractivity (Wildman–Crippen MR) is 111 cm³/mol. The third-order valence-corrected chi connectivity index (χ3v) is 5.15. The molecule has 1 saturated heterocycles. The van der Waals surface area contributed by atoms with Crippen molar-refractivity contribution in [3.63, 3.8) is 0 Å². The first kappa shape index (κ1) is 23.1. The van der Waals surface area contributed by atoms with E-state index in [1.165, 1.54) is 12.1 Å². The quantitative estimate of drug-likeness (QED) is 0.585. The lowest BCUT2D eigenvalue weighted by molar-refractivity contribution is -0.137. The Balaban J connectivity index is 1.53. The number of piperazine rings is 1. The van der Waals surface area contributed by atoms with Crippen LogP contribution in [0.3, 0.4) is 0 Å². The van der Waals surface area contributed by atoms with Crippen molar-refractivity contribution in [2.24, 2.45) is 0 Å². The molecular weight excluding hydrogens is 409 g/mol. The molecule has 0 N–H and O–H groups in total. The number of amides is 1. The van der Waals surface area contributed by atoms with Gasteiger partial charge in [0.25, 0.3) is 5.91 Å². The van der Waals surface area contributed by atoms with E-state index < -0.39 is 11.7 Å². The van der Waals surface area contributed by atoms with E-state index in [1.807, 2.05) is 19.1 Å². The molecule has 1 heterocycles. The van der Waals surface area contributed by atoms with Gasteiger partial charge in [0.15, 0.2) is 0 Å². The van der Waals surface area contributed by atoms with Crippen LogP contribution < -0.4 is 4.74 Å². The van der Waals surface area contributed by atoms with Crippen LogP contribution >= 0.6 is 0 Å². The highest BCUT2D eigenvalue weighted by Gasteiger charge is 2.30. The molecule has 8 heteroatoms. The molecule has 0 spiro atoms. The average molecular weight is 436 g/mol. The van der Waals surface area contributed by atoms with E-state index in [1.54, 1.807) is 17.0 Å². The molecule has 5 nitrogen and oxygen atoms in total. The van der Waals surface area contributed by atoms with E-state index in [2.05, 4.69) is 4.90 Å². The van der Waals surface area contributed by atoms with Crippen LogP contribution in [0.15, 0.2) is 48.5 Å². The second-order valence-electron chi connectivity index (χ2n) is 7.30. The lowest BCUT2D eigenvalue weighted by Crippen LogP contribution is -2.48. The Labute approximate surface area is 180 Å². The summed E-state index contributed by atoms with van der Waals surface area (Å²) >= 11 is 0. The lowest BCUT2D eigenvalue weighted by Gasteiger charge is -2.35. The van der Waals surface area contributed by atoms with Gasteiger partial charge in [-0.1, -0.05) is 24.3 Å². The number of para-hydroxylation sites is 1. The first-order chi connectivity index (χ1) is 14.9. The molecular formula is C23H27F3N2O3. The smallest absolute Gasteiger partial charge is 0.416 e. The van der Waals surface area contributed by atoms with Crippen molar-refractivity contribution in [3.05, 3.63) is 65.2 Å². The first-order valence-electron chi connectivity index (χ1n) is 10.4. The number of ether oxygens (including phenoxy) is 2. The molecule has 0 aromatic heterocycles. The predicted octanol–water partition coefficient (Wildman–Crippen LogP) is 4.08. The van der Waals surface area contributed by atoms with Crippen molar-refractivity contribution < 1.29 is 27.4 Å². The summed E-state index contributed by atoms with van der Waals surface area (Å²) in [6, 6.07) is 12.4. The van der Waals surface area contributed by atoms with Crippen molar-refractivity contribution in [3.8, 4) is 5.75 Å². The molecule has 1 amide bonds. The minimum absolute atomic E-state index is 0.0822. The van der Waals surface area contributed by atoms with Gasteiger partial charge in [0.1, 0.15) is 12.4 Å². The fourth-order valence-corrected chi connectivity index (χ4v) is 3.46. The Kier molecular flexibility index (Phi) is 7.92. The molecule has 3 rings (SSSR count). The van der Waals surface area contributed by atoms with Gasteiger partial charge in [0, 0.05) is 39.3 Å². The lowest BCUT2D eigenvalue weighted by atomic mass is 10.1. The number of hydrogen-bond donors (Lipinski definition) is 0. The molecule has 0 saturated carbocycles. The second kappa shape index (κ2) is 10.6. The Bertz CT molecular complexity index is 848. The number of benzene rings is 2. The first-order valence-corrected chi connectivity index (χ1v) is 10.4. The summed E-state index contributed by atoms with van der Waals surface area (Å²) in [6.45, 7) is 6.31. The topological polar surface area (TPSA) is 42.0 Å². The summed E-state index contributed by atoms with van der Waals surface area (Å²) in [5.41, 5.74) is 0.699. The van der Waals surface area contributed by atoms with Crippen molar-refractivity contribution in [1.82, 2.24) is 9.80 Å². The van der Waals surface area contributed by atoms with Crippen molar-refractivity contribution in [2.75, 3.05) is 46.0 Å².